The van der Waals surface area contributed by atoms with Gasteiger partial charge in [0.1, 0.15) is 9.79 Å². The van der Waals surface area contributed by atoms with Gasteiger partial charge < -0.3 is 5.11 Å². The molecule has 1 aliphatic heterocycles. The van der Waals surface area contributed by atoms with Gasteiger partial charge in [-0.2, -0.15) is 4.31 Å². The van der Waals surface area contributed by atoms with Gasteiger partial charge in [0.05, 0.1) is 5.92 Å². The molecule has 0 bridgehead atoms. The highest BCUT2D eigenvalue weighted by Gasteiger charge is 2.41. The van der Waals surface area contributed by atoms with Crippen molar-refractivity contribution in [3.05, 3.63) is 24.3 Å². The average molecular weight is 390 g/mol. The third-order valence-corrected chi connectivity index (χ3v) is 8.49. The Labute approximate surface area is 148 Å². The van der Waals surface area contributed by atoms with E-state index in [-0.39, 0.29) is 16.3 Å². The number of carboxylic acids is 1. The summed E-state index contributed by atoms with van der Waals surface area (Å²) in [5, 5.41) is 9.30. The van der Waals surface area contributed by atoms with Crippen LogP contribution in [0.4, 0.5) is 0 Å². The molecular weight excluding hydrogens is 368 g/mol. The van der Waals surface area contributed by atoms with Crippen LogP contribution < -0.4 is 0 Å². The molecule has 10 heteroatoms. The van der Waals surface area contributed by atoms with E-state index in [9.17, 15) is 26.7 Å². The van der Waals surface area contributed by atoms with E-state index in [0.29, 0.717) is 12.8 Å². The van der Waals surface area contributed by atoms with Crippen molar-refractivity contribution < 1.29 is 26.7 Å². The van der Waals surface area contributed by atoms with Crippen LogP contribution >= 0.6 is 0 Å². The number of nitrogens with zero attached hydrogens (tertiary/aromatic N) is 2. The number of benzene rings is 1. The summed E-state index contributed by atoms with van der Waals surface area (Å²) in [6.45, 7) is 1.70. The van der Waals surface area contributed by atoms with Crippen LogP contribution in [0.25, 0.3) is 0 Å². The van der Waals surface area contributed by atoms with Crippen LogP contribution in [0.2, 0.25) is 0 Å². The Morgan fingerprint density at radius 3 is 2.24 bits per heavy atom. The Morgan fingerprint density at radius 2 is 1.72 bits per heavy atom. The highest BCUT2D eigenvalue weighted by molar-refractivity contribution is 7.92. The molecule has 140 valence electrons. The third-order valence-electron chi connectivity index (χ3n) is 4.44. The van der Waals surface area contributed by atoms with Crippen molar-refractivity contribution in [2.75, 3.05) is 20.6 Å². The van der Waals surface area contributed by atoms with Crippen molar-refractivity contribution in [3.63, 3.8) is 0 Å². The molecular formula is C15H22N2O6S2. The van der Waals surface area contributed by atoms with E-state index in [1.54, 1.807) is 6.92 Å². The maximum Gasteiger partial charge on any atom is 0.308 e. The second-order valence-corrected chi connectivity index (χ2v) is 10.2. The third kappa shape index (κ3) is 3.57. The molecule has 2 rings (SSSR count). The van der Waals surface area contributed by atoms with E-state index in [4.69, 9.17) is 0 Å². The van der Waals surface area contributed by atoms with Crippen molar-refractivity contribution in [1.29, 1.82) is 0 Å². The van der Waals surface area contributed by atoms with Crippen LogP contribution in [-0.4, -0.2) is 63.2 Å². The summed E-state index contributed by atoms with van der Waals surface area (Å²) in [5.74, 6) is -1.87. The Bertz CT molecular complexity index is 864. The molecule has 1 heterocycles. The first kappa shape index (κ1) is 19.8. The molecule has 1 aromatic rings. The molecule has 0 amide bonds. The highest BCUT2D eigenvalue weighted by atomic mass is 32.2. The van der Waals surface area contributed by atoms with Gasteiger partial charge in [-0.15, -0.1) is 0 Å². The minimum absolute atomic E-state index is 0.156. The zero-order valence-electron chi connectivity index (χ0n) is 14.3. The van der Waals surface area contributed by atoms with Gasteiger partial charge in [-0.25, -0.2) is 21.1 Å². The van der Waals surface area contributed by atoms with Crippen LogP contribution in [0, 0.1) is 5.92 Å². The number of sulfonamides is 2. The molecule has 8 nitrogen and oxygen atoms in total. The lowest BCUT2D eigenvalue weighted by Crippen LogP contribution is -2.49. The maximum absolute atomic E-state index is 13.1. The highest BCUT2D eigenvalue weighted by Crippen LogP contribution is 2.32. The molecule has 0 aromatic heterocycles. The number of piperidine rings is 1. The molecule has 0 saturated carbocycles. The first-order chi connectivity index (χ1) is 11.5. The van der Waals surface area contributed by atoms with E-state index >= 15 is 0 Å². The Kier molecular flexibility index (Phi) is 5.57. The number of rotatable bonds is 5. The minimum Gasteiger partial charge on any atom is -0.481 e. The molecule has 2 atom stereocenters. The van der Waals surface area contributed by atoms with E-state index < -0.39 is 38.0 Å². The first-order valence-electron chi connectivity index (χ1n) is 7.77. The van der Waals surface area contributed by atoms with E-state index in [2.05, 4.69) is 0 Å². The molecule has 0 spiro atoms. The molecule has 0 unspecified atom stereocenters. The zero-order valence-corrected chi connectivity index (χ0v) is 15.9. The second-order valence-electron chi connectivity index (χ2n) is 6.18. The molecule has 0 radical (unpaired) electrons. The number of aliphatic carboxylic acids is 1. The fourth-order valence-corrected chi connectivity index (χ4v) is 6.36. The Balaban J connectivity index is 2.57. The predicted octanol–water partition coefficient (Wildman–Crippen LogP) is 0.811. The Morgan fingerprint density at radius 1 is 1.16 bits per heavy atom. The fourth-order valence-electron chi connectivity index (χ4n) is 2.98. The lowest BCUT2D eigenvalue weighted by molar-refractivity contribution is -0.144. The summed E-state index contributed by atoms with van der Waals surface area (Å²) < 4.78 is 53.2. The van der Waals surface area contributed by atoms with Crippen LogP contribution in [-0.2, 0) is 24.8 Å². The van der Waals surface area contributed by atoms with Crippen LogP contribution in [0.5, 0.6) is 0 Å². The second kappa shape index (κ2) is 7.02. The van der Waals surface area contributed by atoms with Crippen molar-refractivity contribution in [2.24, 2.45) is 5.92 Å². The van der Waals surface area contributed by atoms with Crippen LogP contribution in [0.15, 0.2) is 34.1 Å². The molecule has 1 saturated heterocycles. The molecule has 1 aromatic carbocycles. The minimum atomic E-state index is -4.16. The summed E-state index contributed by atoms with van der Waals surface area (Å²) in [4.78, 5) is 10.7. The van der Waals surface area contributed by atoms with E-state index in [1.807, 2.05) is 0 Å². The van der Waals surface area contributed by atoms with Gasteiger partial charge in [-0.1, -0.05) is 12.1 Å². The molecule has 25 heavy (non-hydrogen) atoms. The quantitative estimate of drug-likeness (QED) is 0.796. The molecule has 1 aliphatic rings. The van der Waals surface area contributed by atoms with Crippen molar-refractivity contribution in [3.8, 4) is 0 Å². The summed E-state index contributed by atoms with van der Waals surface area (Å²) >= 11 is 0. The lowest BCUT2D eigenvalue weighted by atomic mass is 9.92. The average Bonchev–Trinajstić information content (AvgIpc) is 2.54. The summed E-state index contributed by atoms with van der Waals surface area (Å²) in [6.07, 6.45) is 0.795. The van der Waals surface area contributed by atoms with E-state index in [0.717, 1.165) is 8.61 Å². The van der Waals surface area contributed by atoms with Gasteiger partial charge in [-0.05, 0) is 31.9 Å². The standard InChI is InChI=1S/C15H22N2O6S2/c1-11-12(15(18)19)7-6-10-17(11)25(22,23)14-9-5-4-8-13(14)24(20,21)16(2)3/h4-5,8-9,11-12H,6-7,10H2,1-3H3,(H,18,19)/t11-,12-/m1/s1. The van der Waals surface area contributed by atoms with Crippen molar-refractivity contribution >= 4 is 26.0 Å². The molecule has 1 N–H and O–H groups in total. The van der Waals surface area contributed by atoms with Crippen molar-refractivity contribution in [1.82, 2.24) is 8.61 Å². The number of hydrogen-bond acceptors (Lipinski definition) is 5. The van der Waals surface area contributed by atoms with Gasteiger partial charge in [0, 0.05) is 26.7 Å². The van der Waals surface area contributed by atoms with Gasteiger partial charge in [0.15, 0.2) is 0 Å². The summed E-state index contributed by atoms with van der Waals surface area (Å²) in [7, 11) is -5.48. The maximum atomic E-state index is 13.1. The summed E-state index contributed by atoms with van der Waals surface area (Å²) in [6, 6.07) is 4.63. The summed E-state index contributed by atoms with van der Waals surface area (Å²) in [5.41, 5.74) is 0. The number of carbonyl (C=O) groups is 1. The van der Waals surface area contributed by atoms with Gasteiger partial charge in [0.25, 0.3) is 0 Å². The van der Waals surface area contributed by atoms with Crippen LogP contribution in [0.1, 0.15) is 19.8 Å². The lowest BCUT2D eigenvalue weighted by Gasteiger charge is -2.36. The molecule has 1 fully saturated rings. The number of carboxylic acid groups (broad SMARTS) is 1. The van der Waals surface area contributed by atoms with Gasteiger partial charge in [-0.3, -0.25) is 4.79 Å². The first-order valence-corrected chi connectivity index (χ1v) is 10.7. The smallest absolute Gasteiger partial charge is 0.308 e. The normalized spacial score (nSPS) is 22.9. The predicted molar refractivity (Wildman–Crippen MR) is 91.0 cm³/mol. The SMILES string of the molecule is C[C@@H]1[C@H](C(=O)O)CCCN1S(=O)(=O)c1ccccc1S(=O)(=O)N(C)C. The van der Waals surface area contributed by atoms with Crippen LogP contribution in [0.3, 0.4) is 0 Å². The Hall–Kier alpha value is -1.49. The topological polar surface area (TPSA) is 112 Å². The fraction of sp³-hybridized carbons (Fsp3) is 0.533. The number of hydrogen-bond donors (Lipinski definition) is 1. The van der Waals surface area contributed by atoms with E-state index in [1.165, 1.54) is 38.4 Å². The monoisotopic (exact) mass is 390 g/mol. The molecule has 0 aliphatic carbocycles. The largest absolute Gasteiger partial charge is 0.481 e. The van der Waals surface area contributed by atoms with Gasteiger partial charge in [0.2, 0.25) is 20.0 Å². The van der Waals surface area contributed by atoms with Crippen molar-refractivity contribution in [2.45, 2.75) is 35.6 Å². The zero-order chi connectivity index (χ0) is 19.0. The van der Waals surface area contributed by atoms with Gasteiger partial charge >= 0.3 is 5.97 Å².